The fourth-order valence-corrected chi connectivity index (χ4v) is 1.97. The molecule has 0 fully saturated rings. The molecule has 0 N–H and O–H groups in total. The van der Waals surface area contributed by atoms with Gasteiger partial charge in [-0.2, -0.15) is 0 Å². The van der Waals surface area contributed by atoms with Crippen LogP contribution in [0.5, 0.6) is 0 Å². The summed E-state index contributed by atoms with van der Waals surface area (Å²) in [6, 6.07) is 12.0. The summed E-state index contributed by atoms with van der Waals surface area (Å²) in [6.07, 6.45) is 3.57. The molecule has 0 unspecified atom stereocenters. The predicted octanol–water partition coefficient (Wildman–Crippen LogP) is 3.18. The van der Waals surface area contributed by atoms with Crippen LogP contribution < -0.4 is 0 Å². The molecular formula is C12H8BrN3. The third-order valence-corrected chi connectivity index (χ3v) is 2.82. The molecule has 2 aromatic heterocycles. The number of hydrogen-bond donors (Lipinski definition) is 0. The van der Waals surface area contributed by atoms with Crippen molar-refractivity contribution in [1.29, 1.82) is 0 Å². The monoisotopic (exact) mass is 273 g/mol. The van der Waals surface area contributed by atoms with Crippen LogP contribution in [0.2, 0.25) is 0 Å². The molecule has 0 saturated heterocycles. The van der Waals surface area contributed by atoms with E-state index in [4.69, 9.17) is 0 Å². The fourth-order valence-electron chi connectivity index (χ4n) is 1.65. The van der Waals surface area contributed by atoms with E-state index >= 15 is 0 Å². The van der Waals surface area contributed by atoms with Crippen molar-refractivity contribution in [3.63, 3.8) is 0 Å². The molecule has 0 aliphatic rings. The molecule has 4 heteroatoms. The zero-order valence-corrected chi connectivity index (χ0v) is 9.92. The highest BCUT2D eigenvalue weighted by Gasteiger charge is 2.05. The van der Waals surface area contributed by atoms with Crippen LogP contribution in [0.25, 0.3) is 16.9 Å². The quantitative estimate of drug-likeness (QED) is 0.682. The van der Waals surface area contributed by atoms with Gasteiger partial charge in [-0.15, -0.1) is 0 Å². The van der Waals surface area contributed by atoms with E-state index in [-0.39, 0.29) is 0 Å². The summed E-state index contributed by atoms with van der Waals surface area (Å²) in [7, 11) is 0. The smallest absolute Gasteiger partial charge is 0.164 e. The molecule has 0 spiro atoms. The Morgan fingerprint density at radius 1 is 1.06 bits per heavy atom. The van der Waals surface area contributed by atoms with Crippen LogP contribution >= 0.6 is 15.9 Å². The third kappa shape index (κ3) is 1.51. The maximum Gasteiger partial charge on any atom is 0.164 e. The molecule has 16 heavy (non-hydrogen) atoms. The van der Waals surface area contributed by atoms with Crippen molar-refractivity contribution in [3.05, 3.63) is 53.4 Å². The second-order valence-electron chi connectivity index (χ2n) is 3.45. The summed E-state index contributed by atoms with van der Waals surface area (Å²) in [6.45, 7) is 0. The summed E-state index contributed by atoms with van der Waals surface area (Å²) in [5, 5.41) is 0. The van der Waals surface area contributed by atoms with Crippen molar-refractivity contribution in [2.24, 2.45) is 0 Å². The average Bonchev–Trinajstić information content (AvgIpc) is 2.73. The normalized spacial score (nSPS) is 10.8. The van der Waals surface area contributed by atoms with Crippen molar-refractivity contribution >= 4 is 27.1 Å². The number of aromatic nitrogens is 3. The Hall–Kier alpha value is -1.68. The number of hydrogen-bond acceptors (Lipinski definition) is 2. The zero-order chi connectivity index (χ0) is 11.0. The van der Waals surface area contributed by atoms with Gasteiger partial charge >= 0.3 is 0 Å². The van der Waals surface area contributed by atoms with Crippen LogP contribution in [-0.4, -0.2) is 14.5 Å². The van der Waals surface area contributed by atoms with Crippen LogP contribution in [0.4, 0.5) is 0 Å². The van der Waals surface area contributed by atoms with E-state index in [1.807, 2.05) is 41.0 Å². The van der Waals surface area contributed by atoms with Gasteiger partial charge in [0.2, 0.25) is 0 Å². The Bertz CT molecular complexity index is 631. The summed E-state index contributed by atoms with van der Waals surface area (Å²) >= 11 is 3.39. The molecule has 0 amide bonds. The van der Waals surface area contributed by atoms with Crippen molar-refractivity contribution in [2.45, 2.75) is 0 Å². The number of nitrogens with zero attached hydrogens (tertiary/aromatic N) is 3. The van der Waals surface area contributed by atoms with Crippen molar-refractivity contribution in [3.8, 4) is 5.69 Å². The number of fused-ring (bicyclic) bond motifs is 1. The molecule has 3 nitrogen and oxygen atoms in total. The largest absolute Gasteiger partial charge is 0.283 e. The number of rotatable bonds is 1. The van der Waals surface area contributed by atoms with Crippen molar-refractivity contribution in [2.75, 3.05) is 0 Å². The van der Waals surface area contributed by atoms with Gasteiger partial charge in [-0.1, -0.05) is 18.2 Å². The summed E-state index contributed by atoms with van der Waals surface area (Å²) in [5.41, 5.74) is 2.83. The highest BCUT2D eigenvalue weighted by atomic mass is 79.9. The van der Waals surface area contributed by atoms with E-state index in [9.17, 15) is 0 Å². The van der Waals surface area contributed by atoms with Crippen molar-refractivity contribution in [1.82, 2.24) is 14.5 Å². The number of pyridine rings is 1. The van der Waals surface area contributed by atoms with E-state index in [1.54, 1.807) is 12.5 Å². The molecule has 0 radical (unpaired) electrons. The number of benzene rings is 1. The van der Waals surface area contributed by atoms with E-state index in [0.717, 1.165) is 21.3 Å². The number of halogens is 1. The lowest BCUT2D eigenvalue weighted by Gasteiger charge is -2.02. The van der Waals surface area contributed by atoms with Crippen LogP contribution in [-0.2, 0) is 0 Å². The lowest BCUT2D eigenvalue weighted by atomic mass is 10.3. The molecule has 3 rings (SSSR count). The minimum Gasteiger partial charge on any atom is -0.283 e. The average molecular weight is 274 g/mol. The molecule has 0 bridgehead atoms. The Kier molecular flexibility index (Phi) is 2.22. The van der Waals surface area contributed by atoms with Crippen LogP contribution in [0.3, 0.4) is 0 Å². The minimum absolute atomic E-state index is 0.870. The molecule has 2 heterocycles. The number of para-hydroxylation sites is 1. The standard InChI is InChI=1S/C12H8BrN3/c13-9-6-11-12(14-7-9)16(8-15-11)10-4-2-1-3-5-10/h1-8H. The maximum atomic E-state index is 4.37. The first-order valence-corrected chi connectivity index (χ1v) is 5.68. The van der Waals surface area contributed by atoms with Gasteiger partial charge in [0, 0.05) is 16.4 Å². The minimum atomic E-state index is 0.870. The molecule has 0 aliphatic carbocycles. The van der Waals surface area contributed by atoms with Gasteiger partial charge in [0.05, 0.1) is 0 Å². The molecule has 3 aromatic rings. The van der Waals surface area contributed by atoms with Crippen LogP contribution in [0.15, 0.2) is 53.4 Å². The summed E-state index contributed by atoms with van der Waals surface area (Å²) in [4.78, 5) is 8.70. The molecule has 0 aliphatic heterocycles. The molecule has 0 saturated carbocycles. The van der Waals surface area contributed by atoms with Crippen LogP contribution in [0, 0.1) is 0 Å². The SMILES string of the molecule is Brc1cnc2c(c1)ncn2-c1ccccc1. The van der Waals surface area contributed by atoms with Gasteiger partial charge in [0.25, 0.3) is 0 Å². The molecule has 1 aromatic carbocycles. The van der Waals surface area contributed by atoms with Gasteiger partial charge < -0.3 is 0 Å². The Morgan fingerprint density at radius 3 is 2.69 bits per heavy atom. The zero-order valence-electron chi connectivity index (χ0n) is 8.34. The van der Waals surface area contributed by atoms with Gasteiger partial charge in [-0.25, -0.2) is 9.97 Å². The highest BCUT2D eigenvalue weighted by Crippen LogP contribution is 2.18. The Morgan fingerprint density at radius 2 is 1.88 bits per heavy atom. The van der Waals surface area contributed by atoms with Gasteiger partial charge in [-0.05, 0) is 34.1 Å². The summed E-state index contributed by atoms with van der Waals surface area (Å²) < 4.78 is 2.92. The summed E-state index contributed by atoms with van der Waals surface area (Å²) in [5.74, 6) is 0. The number of imidazole rings is 1. The molecular weight excluding hydrogens is 266 g/mol. The lowest BCUT2D eigenvalue weighted by molar-refractivity contribution is 1.07. The van der Waals surface area contributed by atoms with E-state index < -0.39 is 0 Å². The first-order valence-electron chi connectivity index (χ1n) is 4.88. The highest BCUT2D eigenvalue weighted by molar-refractivity contribution is 9.10. The Labute approximate surface area is 101 Å². The molecule has 0 atom stereocenters. The fraction of sp³-hybridized carbons (Fsp3) is 0. The van der Waals surface area contributed by atoms with E-state index in [2.05, 4.69) is 25.9 Å². The first-order chi connectivity index (χ1) is 7.84. The van der Waals surface area contributed by atoms with Crippen molar-refractivity contribution < 1.29 is 0 Å². The van der Waals surface area contributed by atoms with Crippen LogP contribution in [0.1, 0.15) is 0 Å². The van der Waals surface area contributed by atoms with Gasteiger partial charge in [-0.3, -0.25) is 4.57 Å². The topological polar surface area (TPSA) is 30.7 Å². The van der Waals surface area contributed by atoms with E-state index in [0.29, 0.717) is 0 Å². The second kappa shape index (κ2) is 3.72. The second-order valence-corrected chi connectivity index (χ2v) is 4.36. The van der Waals surface area contributed by atoms with Gasteiger partial charge in [0.15, 0.2) is 5.65 Å². The third-order valence-electron chi connectivity index (χ3n) is 2.39. The molecule has 78 valence electrons. The Balaban J connectivity index is 2.26. The van der Waals surface area contributed by atoms with Gasteiger partial charge in [0.1, 0.15) is 11.8 Å². The predicted molar refractivity (Wildman–Crippen MR) is 66.6 cm³/mol. The van der Waals surface area contributed by atoms with E-state index in [1.165, 1.54) is 0 Å². The lowest BCUT2D eigenvalue weighted by Crippen LogP contribution is -1.92. The first kappa shape index (κ1) is 9.54. The maximum absolute atomic E-state index is 4.37.